The van der Waals surface area contributed by atoms with Crippen LogP contribution < -0.4 is 4.72 Å². The molecule has 0 aliphatic rings. The molecule has 25 heavy (non-hydrogen) atoms. The van der Waals surface area contributed by atoms with Gasteiger partial charge in [-0.05, 0) is 43.7 Å². The summed E-state index contributed by atoms with van der Waals surface area (Å²) in [5, 5.41) is 10.0. The molecule has 0 saturated heterocycles. The lowest BCUT2D eigenvalue weighted by molar-refractivity contribution is 0.607. The molecule has 0 amide bonds. The van der Waals surface area contributed by atoms with E-state index in [2.05, 4.69) is 29.2 Å². The highest BCUT2D eigenvalue weighted by molar-refractivity contribution is 7.92. The molecule has 0 aliphatic heterocycles. The molecule has 3 aromatic rings. The number of aryl methyl sites for hydroxylation is 1. The normalized spacial score (nSPS) is 11.4. The van der Waals surface area contributed by atoms with Gasteiger partial charge < -0.3 is 4.57 Å². The number of aromatic nitrogens is 1. The minimum atomic E-state index is -3.32. The summed E-state index contributed by atoms with van der Waals surface area (Å²) in [5.41, 5.74) is 5.41. The summed E-state index contributed by atoms with van der Waals surface area (Å²) in [5.74, 6) is 0. The molecule has 0 aliphatic carbocycles. The first-order valence-electron chi connectivity index (χ1n) is 7.95. The summed E-state index contributed by atoms with van der Waals surface area (Å²) in [6.07, 6.45) is 1.14. The van der Waals surface area contributed by atoms with Crippen LogP contribution >= 0.6 is 0 Å². The quantitative estimate of drug-likeness (QED) is 0.773. The van der Waals surface area contributed by atoms with E-state index in [1.54, 1.807) is 6.07 Å². The molecule has 1 aromatic heterocycles. The van der Waals surface area contributed by atoms with Crippen LogP contribution in [0.15, 0.2) is 42.5 Å². The van der Waals surface area contributed by atoms with Gasteiger partial charge in [0, 0.05) is 23.2 Å². The van der Waals surface area contributed by atoms with E-state index in [0.29, 0.717) is 11.3 Å². The first-order valence-corrected chi connectivity index (χ1v) is 9.84. The van der Waals surface area contributed by atoms with E-state index in [-0.39, 0.29) is 0 Å². The second-order valence-corrected chi connectivity index (χ2v) is 7.75. The smallest absolute Gasteiger partial charge is 0.229 e. The highest BCUT2D eigenvalue weighted by Crippen LogP contribution is 2.36. The van der Waals surface area contributed by atoms with Crippen LogP contribution in [-0.2, 0) is 16.6 Å². The van der Waals surface area contributed by atoms with Gasteiger partial charge in [0.1, 0.15) is 0 Å². The lowest BCUT2D eigenvalue weighted by atomic mass is 10.0. The molecule has 1 N–H and O–H groups in total. The molecule has 0 unspecified atom stereocenters. The summed E-state index contributed by atoms with van der Waals surface area (Å²) in [4.78, 5) is 0. The first kappa shape index (κ1) is 17.1. The summed E-state index contributed by atoms with van der Waals surface area (Å²) in [7, 11) is -3.32. The van der Waals surface area contributed by atoms with E-state index >= 15 is 0 Å². The zero-order valence-electron chi connectivity index (χ0n) is 14.4. The molecule has 0 bridgehead atoms. The van der Waals surface area contributed by atoms with E-state index in [9.17, 15) is 8.42 Å². The number of nitriles is 1. The summed E-state index contributed by atoms with van der Waals surface area (Å²) >= 11 is 0. The fourth-order valence-electron chi connectivity index (χ4n) is 3.24. The zero-order chi connectivity index (χ0) is 18.2. The molecule has 0 radical (unpaired) electrons. The van der Waals surface area contributed by atoms with Gasteiger partial charge in [-0.3, -0.25) is 4.72 Å². The number of hydrogen-bond donors (Lipinski definition) is 1. The van der Waals surface area contributed by atoms with Crippen molar-refractivity contribution in [1.29, 1.82) is 5.26 Å². The number of benzene rings is 2. The Morgan fingerprint density at radius 2 is 1.84 bits per heavy atom. The van der Waals surface area contributed by atoms with Crippen molar-refractivity contribution >= 4 is 26.6 Å². The van der Waals surface area contributed by atoms with Crippen molar-refractivity contribution in [2.45, 2.75) is 20.4 Å². The Morgan fingerprint density at radius 3 is 2.40 bits per heavy atom. The number of nitrogens with zero attached hydrogens (tertiary/aromatic N) is 2. The maximum absolute atomic E-state index is 11.5. The maximum atomic E-state index is 11.5. The van der Waals surface area contributed by atoms with Crippen LogP contribution in [0.2, 0.25) is 0 Å². The van der Waals surface area contributed by atoms with Crippen molar-refractivity contribution in [2.75, 3.05) is 11.0 Å². The average Bonchev–Trinajstić information content (AvgIpc) is 2.84. The molecule has 0 atom stereocenters. The number of sulfonamides is 1. The molecule has 0 fully saturated rings. The van der Waals surface area contributed by atoms with E-state index in [1.165, 1.54) is 0 Å². The van der Waals surface area contributed by atoms with E-state index in [1.807, 2.05) is 36.4 Å². The molecule has 6 heteroatoms. The van der Waals surface area contributed by atoms with Gasteiger partial charge in [0.25, 0.3) is 0 Å². The van der Waals surface area contributed by atoms with Gasteiger partial charge in [-0.1, -0.05) is 18.2 Å². The molecular formula is C19H19N3O2S. The fourth-order valence-corrected chi connectivity index (χ4v) is 3.79. The molecule has 0 spiro atoms. The lowest BCUT2D eigenvalue weighted by Crippen LogP contribution is -2.09. The van der Waals surface area contributed by atoms with Crippen LogP contribution in [0.4, 0.5) is 5.69 Å². The van der Waals surface area contributed by atoms with Crippen LogP contribution in [0.5, 0.6) is 0 Å². The van der Waals surface area contributed by atoms with Crippen LogP contribution in [-0.4, -0.2) is 19.2 Å². The standard InChI is InChI=1S/C19H19N3O2S/c1-4-22-13(2)19(15-7-5-14(12-20)6-8-15)17-10-9-16(11-18(17)22)21-25(3,23)24/h5-11,21H,4H2,1-3H3. The summed E-state index contributed by atoms with van der Waals surface area (Å²) < 4.78 is 27.7. The molecular weight excluding hydrogens is 334 g/mol. The van der Waals surface area contributed by atoms with Crippen LogP contribution in [0.3, 0.4) is 0 Å². The van der Waals surface area contributed by atoms with Gasteiger partial charge in [0.2, 0.25) is 10.0 Å². The Kier molecular flexibility index (Phi) is 4.27. The summed E-state index contributed by atoms with van der Waals surface area (Å²) in [6, 6.07) is 15.2. The molecule has 1 heterocycles. The monoisotopic (exact) mass is 353 g/mol. The molecule has 2 aromatic carbocycles. The number of anilines is 1. The summed E-state index contributed by atoms with van der Waals surface area (Å²) in [6.45, 7) is 4.90. The molecule has 128 valence electrons. The van der Waals surface area contributed by atoms with Crippen molar-refractivity contribution < 1.29 is 8.42 Å². The van der Waals surface area contributed by atoms with Crippen molar-refractivity contribution in [3.8, 4) is 17.2 Å². The fraction of sp³-hybridized carbons (Fsp3) is 0.211. The highest BCUT2D eigenvalue weighted by Gasteiger charge is 2.16. The van der Waals surface area contributed by atoms with Gasteiger partial charge in [0.15, 0.2) is 0 Å². The highest BCUT2D eigenvalue weighted by atomic mass is 32.2. The number of fused-ring (bicyclic) bond motifs is 1. The van der Waals surface area contributed by atoms with Crippen LogP contribution in [0.1, 0.15) is 18.2 Å². The molecule has 3 rings (SSSR count). The zero-order valence-corrected chi connectivity index (χ0v) is 15.2. The Balaban J connectivity index is 2.22. The number of hydrogen-bond acceptors (Lipinski definition) is 3. The Morgan fingerprint density at radius 1 is 1.16 bits per heavy atom. The van der Waals surface area contributed by atoms with Gasteiger partial charge >= 0.3 is 0 Å². The Hall–Kier alpha value is -2.78. The molecule has 0 saturated carbocycles. The van der Waals surface area contributed by atoms with Crippen molar-refractivity contribution in [1.82, 2.24) is 4.57 Å². The largest absolute Gasteiger partial charge is 0.344 e. The lowest BCUT2D eigenvalue weighted by Gasteiger charge is -2.07. The van der Waals surface area contributed by atoms with Gasteiger partial charge in [-0.25, -0.2) is 8.42 Å². The third-order valence-electron chi connectivity index (χ3n) is 4.25. The maximum Gasteiger partial charge on any atom is 0.229 e. The Bertz CT molecular complexity index is 1090. The second-order valence-electron chi connectivity index (χ2n) is 6.00. The number of rotatable bonds is 4. The van der Waals surface area contributed by atoms with Crippen molar-refractivity contribution in [2.24, 2.45) is 0 Å². The van der Waals surface area contributed by atoms with E-state index in [4.69, 9.17) is 5.26 Å². The second kappa shape index (κ2) is 6.26. The van der Waals surface area contributed by atoms with Crippen LogP contribution in [0.25, 0.3) is 22.0 Å². The third-order valence-corrected chi connectivity index (χ3v) is 4.85. The SMILES string of the molecule is CCn1c(C)c(-c2ccc(C#N)cc2)c2ccc(NS(C)(=O)=O)cc21. The number of nitrogens with one attached hydrogen (secondary N) is 1. The van der Waals surface area contributed by atoms with Crippen LogP contribution in [0, 0.1) is 18.3 Å². The van der Waals surface area contributed by atoms with E-state index in [0.717, 1.165) is 40.5 Å². The van der Waals surface area contributed by atoms with Crippen molar-refractivity contribution in [3.63, 3.8) is 0 Å². The first-order chi connectivity index (χ1) is 11.8. The third kappa shape index (κ3) is 3.24. The van der Waals surface area contributed by atoms with Gasteiger partial charge in [0.05, 0.1) is 29.1 Å². The minimum Gasteiger partial charge on any atom is -0.344 e. The van der Waals surface area contributed by atoms with Gasteiger partial charge in [-0.2, -0.15) is 5.26 Å². The predicted molar refractivity (Wildman–Crippen MR) is 101 cm³/mol. The average molecular weight is 353 g/mol. The van der Waals surface area contributed by atoms with Gasteiger partial charge in [-0.15, -0.1) is 0 Å². The molecule has 5 nitrogen and oxygen atoms in total. The Labute approximate surface area is 147 Å². The predicted octanol–water partition coefficient (Wildman–Crippen LogP) is 3.88. The van der Waals surface area contributed by atoms with Crippen molar-refractivity contribution in [3.05, 3.63) is 53.7 Å². The minimum absolute atomic E-state index is 0.550. The van der Waals surface area contributed by atoms with E-state index < -0.39 is 10.0 Å². The topological polar surface area (TPSA) is 74.9 Å².